The second-order valence-electron chi connectivity index (χ2n) is 2.14. The highest BCUT2D eigenvalue weighted by molar-refractivity contribution is 5.85. The summed E-state index contributed by atoms with van der Waals surface area (Å²) in [5, 5.41) is 2.54. The molecule has 1 aliphatic rings. The number of nitrogens with one attached hydrogen (secondary N) is 1. The molecule has 0 aromatic rings. The van der Waals surface area contributed by atoms with Crippen LogP contribution in [0.25, 0.3) is 0 Å². The predicted octanol–water partition coefficient (Wildman–Crippen LogP) is 1.43. The van der Waals surface area contributed by atoms with Crippen molar-refractivity contribution >= 4 is 12.4 Å². The van der Waals surface area contributed by atoms with Crippen molar-refractivity contribution in [3.05, 3.63) is 0 Å². The SMILES string of the molecule is CNC1CCC1(F)F.Cl. The molecule has 0 aromatic carbocycles. The molecular formula is C5H10ClF2N. The fraction of sp³-hybridized carbons (Fsp3) is 1.00. The average Bonchev–Trinajstić information content (AvgIpc) is 1.66. The van der Waals surface area contributed by atoms with Crippen molar-refractivity contribution in [3.8, 4) is 0 Å². The van der Waals surface area contributed by atoms with E-state index in [1.807, 2.05) is 0 Å². The lowest BCUT2D eigenvalue weighted by molar-refractivity contribution is -0.103. The Labute approximate surface area is 59.2 Å². The van der Waals surface area contributed by atoms with Gasteiger partial charge in [0.05, 0.1) is 6.04 Å². The maximum atomic E-state index is 12.1. The molecule has 9 heavy (non-hydrogen) atoms. The molecule has 0 saturated heterocycles. The van der Waals surface area contributed by atoms with Gasteiger partial charge in [0.2, 0.25) is 0 Å². The third-order valence-corrected chi connectivity index (χ3v) is 1.62. The number of halogens is 3. The van der Waals surface area contributed by atoms with Gasteiger partial charge in [0.25, 0.3) is 5.92 Å². The Hall–Kier alpha value is 0.110. The van der Waals surface area contributed by atoms with Crippen LogP contribution in [0, 0.1) is 0 Å². The first kappa shape index (κ1) is 9.11. The summed E-state index contributed by atoms with van der Waals surface area (Å²) in [6.07, 6.45) is 0.669. The van der Waals surface area contributed by atoms with E-state index in [2.05, 4.69) is 5.32 Å². The van der Waals surface area contributed by atoms with Crippen LogP contribution in [0.15, 0.2) is 0 Å². The number of rotatable bonds is 1. The molecule has 0 heterocycles. The molecule has 1 fully saturated rings. The fourth-order valence-electron chi connectivity index (χ4n) is 0.862. The van der Waals surface area contributed by atoms with Gasteiger partial charge in [0, 0.05) is 6.42 Å². The van der Waals surface area contributed by atoms with Gasteiger partial charge in [-0.1, -0.05) is 0 Å². The molecule has 1 N–H and O–H groups in total. The van der Waals surface area contributed by atoms with Crippen molar-refractivity contribution in [1.29, 1.82) is 0 Å². The summed E-state index contributed by atoms with van der Waals surface area (Å²) < 4.78 is 24.3. The molecule has 1 aliphatic carbocycles. The lowest BCUT2D eigenvalue weighted by Crippen LogP contribution is -2.51. The summed E-state index contributed by atoms with van der Waals surface area (Å²) in [6.45, 7) is 0. The Morgan fingerprint density at radius 2 is 2.11 bits per heavy atom. The molecule has 0 aromatic heterocycles. The molecule has 1 rings (SSSR count). The van der Waals surface area contributed by atoms with Gasteiger partial charge in [-0.05, 0) is 13.5 Å². The predicted molar refractivity (Wildman–Crippen MR) is 34.3 cm³/mol. The Bertz CT molecular complexity index is 95.0. The maximum absolute atomic E-state index is 12.1. The second kappa shape index (κ2) is 2.80. The van der Waals surface area contributed by atoms with Gasteiger partial charge in [-0.3, -0.25) is 0 Å². The Kier molecular flexibility index (Phi) is 2.83. The monoisotopic (exact) mass is 157 g/mol. The van der Waals surface area contributed by atoms with Crippen LogP contribution in [0.3, 0.4) is 0 Å². The smallest absolute Gasteiger partial charge is 0.263 e. The highest BCUT2D eigenvalue weighted by Crippen LogP contribution is 2.36. The zero-order chi connectivity index (χ0) is 6.20. The van der Waals surface area contributed by atoms with E-state index in [9.17, 15) is 8.78 Å². The van der Waals surface area contributed by atoms with Crippen molar-refractivity contribution in [2.24, 2.45) is 0 Å². The first-order chi connectivity index (χ1) is 3.67. The molecule has 0 radical (unpaired) electrons. The Morgan fingerprint density at radius 1 is 1.56 bits per heavy atom. The molecule has 1 unspecified atom stereocenters. The fourth-order valence-corrected chi connectivity index (χ4v) is 0.862. The first-order valence-electron chi connectivity index (χ1n) is 2.72. The quantitative estimate of drug-likeness (QED) is 0.607. The van der Waals surface area contributed by atoms with Crippen LogP contribution in [-0.2, 0) is 0 Å². The minimum absolute atomic E-state index is 0. The summed E-state index contributed by atoms with van der Waals surface area (Å²) >= 11 is 0. The van der Waals surface area contributed by atoms with Gasteiger partial charge < -0.3 is 5.32 Å². The lowest BCUT2D eigenvalue weighted by Gasteiger charge is -2.35. The lowest BCUT2D eigenvalue weighted by atomic mass is 9.88. The van der Waals surface area contributed by atoms with Crippen LogP contribution in [-0.4, -0.2) is 19.0 Å². The van der Waals surface area contributed by atoms with Crippen LogP contribution in [0.4, 0.5) is 8.78 Å². The zero-order valence-corrected chi connectivity index (χ0v) is 5.97. The van der Waals surface area contributed by atoms with E-state index in [0.717, 1.165) is 0 Å². The minimum Gasteiger partial charge on any atom is -0.312 e. The largest absolute Gasteiger partial charge is 0.312 e. The molecule has 1 saturated carbocycles. The summed E-state index contributed by atoms with van der Waals surface area (Å²) in [5.41, 5.74) is 0. The van der Waals surface area contributed by atoms with Crippen LogP contribution >= 0.6 is 12.4 Å². The van der Waals surface area contributed by atoms with E-state index in [4.69, 9.17) is 0 Å². The number of alkyl halides is 2. The second-order valence-corrected chi connectivity index (χ2v) is 2.14. The standard InChI is InChI=1S/C5H9F2N.ClH/c1-8-4-2-3-5(4,6)7;/h4,8H,2-3H2,1H3;1H. The van der Waals surface area contributed by atoms with E-state index >= 15 is 0 Å². The van der Waals surface area contributed by atoms with Crippen LogP contribution in [0.2, 0.25) is 0 Å². The molecule has 0 amide bonds. The van der Waals surface area contributed by atoms with Crippen LogP contribution in [0.5, 0.6) is 0 Å². The molecule has 0 bridgehead atoms. The normalized spacial score (nSPS) is 30.3. The van der Waals surface area contributed by atoms with Gasteiger partial charge in [0.1, 0.15) is 0 Å². The third kappa shape index (κ3) is 1.52. The van der Waals surface area contributed by atoms with E-state index in [1.54, 1.807) is 7.05 Å². The van der Waals surface area contributed by atoms with Crippen LogP contribution in [0.1, 0.15) is 12.8 Å². The third-order valence-electron chi connectivity index (χ3n) is 1.62. The molecule has 4 heteroatoms. The number of hydrogen-bond acceptors (Lipinski definition) is 1. The molecule has 56 valence electrons. The van der Waals surface area contributed by atoms with Crippen molar-refractivity contribution in [2.75, 3.05) is 7.05 Å². The highest BCUT2D eigenvalue weighted by atomic mass is 35.5. The molecule has 1 nitrogen and oxygen atoms in total. The van der Waals surface area contributed by atoms with Gasteiger partial charge in [-0.25, -0.2) is 8.78 Å². The molecule has 0 aliphatic heterocycles. The summed E-state index contributed by atoms with van der Waals surface area (Å²) in [7, 11) is 1.57. The summed E-state index contributed by atoms with van der Waals surface area (Å²) in [5.74, 6) is -2.42. The zero-order valence-electron chi connectivity index (χ0n) is 5.16. The Balaban J connectivity index is 0.000000640. The van der Waals surface area contributed by atoms with E-state index in [1.165, 1.54) is 0 Å². The topological polar surface area (TPSA) is 12.0 Å². The van der Waals surface area contributed by atoms with Gasteiger partial charge >= 0.3 is 0 Å². The molecule has 1 atom stereocenters. The van der Waals surface area contributed by atoms with Crippen molar-refractivity contribution in [3.63, 3.8) is 0 Å². The van der Waals surface area contributed by atoms with Crippen LogP contribution < -0.4 is 5.32 Å². The first-order valence-corrected chi connectivity index (χ1v) is 2.72. The minimum atomic E-state index is -2.42. The van der Waals surface area contributed by atoms with E-state index < -0.39 is 12.0 Å². The van der Waals surface area contributed by atoms with E-state index in [0.29, 0.717) is 6.42 Å². The summed E-state index contributed by atoms with van der Waals surface area (Å²) in [4.78, 5) is 0. The van der Waals surface area contributed by atoms with Crippen molar-refractivity contribution in [2.45, 2.75) is 24.8 Å². The van der Waals surface area contributed by atoms with E-state index in [-0.39, 0.29) is 18.8 Å². The van der Waals surface area contributed by atoms with Gasteiger partial charge in [-0.15, -0.1) is 12.4 Å². The average molecular weight is 158 g/mol. The summed E-state index contributed by atoms with van der Waals surface area (Å²) in [6, 6.07) is -0.553. The molecular weight excluding hydrogens is 148 g/mol. The maximum Gasteiger partial charge on any atom is 0.263 e. The van der Waals surface area contributed by atoms with Crippen molar-refractivity contribution < 1.29 is 8.78 Å². The molecule has 0 spiro atoms. The van der Waals surface area contributed by atoms with Gasteiger partial charge in [-0.2, -0.15) is 0 Å². The van der Waals surface area contributed by atoms with Gasteiger partial charge in [0.15, 0.2) is 0 Å². The highest BCUT2D eigenvalue weighted by Gasteiger charge is 2.47. The van der Waals surface area contributed by atoms with Crippen molar-refractivity contribution in [1.82, 2.24) is 5.32 Å². The Morgan fingerprint density at radius 3 is 2.11 bits per heavy atom. The number of hydrogen-bond donors (Lipinski definition) is 1.